The summed E-state index contributed by atoms with van der Waals surface area (Å²) in [6.07, 6.45) is 0.978. The van der Waals surface area contributed by atoms with E-state index in [0.29, 0.717) is 18.1 Å². The van der Waals surface area contributed by atoms with Gasteiger partial charge in [-0.2, -0.15) is 0 Å². The number of carbonyl (C=O) groups is 1. The highest BCUT2D eigenvalue weighted by Gasteiger charge is 2.38. The summed E-state index contributed by atoms with van der Waals surface area (Å²) in [5, 5.41) is 0. The van der Waals surface area contributed by atoms with E-state index in [0.717, 1.165) is 6.42 Å². The Morgan fingerprint density at radius 2 is 2.29 bits per heavy atom. The van der Waals surface area contributed by atoms with Gasteiger partial charge < -0.3 is 9.47 Å². The van der Waals surface area contributed by atoms with Gasteiger partial charge in [-0.25, -0.2) is 4.79 Å². The summed E-state index contributed by atoms with van der Waals surface area (Å²) in [6, 6.07) is 0. The molecule has 3 nitrogen and oxygen atoms in total. The second-order valence-corrected chi connectivity index (χ2v) is 3.91. The zero-order valence-corrected chi connectivity index (χ0v) is 9.08. The Labute approximate surface area is 85.1 Å². The topological polar surface area (TPSA) is 38.8 Å². The Hall–Kier alpha value is -0.830. The Bertz CT molecular complexity index is 231. The van der Waals surface area contributed by atoms with Gasteiger partial charge in [0.1, 0.15) is 12.2 Å². The van der Waals surface area contributed by atoms with Gasteiger partial charge >= 0.3 is 5.97 Å². The summed E-state index contributed by atoms with van der Waals surface area (Å²) < 4.78 is 10.5. The first-order valence-electron chi connectivity index (χ1n) is 5.04. The first-order valence-corrected chi connectivity index (χ1v) is 5.04. The van der Waals surface area contributed by atoms with Crippen LogP contribution in [0.3, 0.4) is 0 Å². The summed E-state index contributed by atoms with van der Waals surface area (Å²) in [6.45, 7) is 10.1. The molecule has 80 valence electrons. The van der Waals surface area contributed by atoms with E-state index in [9.17, 15) is 4.79 Å². The third-order valence-electron chi connectivity index (χ3n) is 2.52. The van der Waals surface area contributed by atoms with Gasteiger partial charge in [-0.15, -0.1) is 0 Å². The molecule has 3 unspecified atom stereocenters. The van der Waals surface area contributed by atoms with Crippen LogP contribution in [0.25, 0.3) is 0 Å². The van der Waals surface area contributed by atoms with E-state index in [4.69, 9.17) is 9.47 Å². The standard InChI is InChI=1S/C11H18O3/c1-5-8(4)10(9-6-13-9)14-11(12)7(2)3/h8-10H,2,5-6H2,1,3-4H3. The van der Waals surface area contributed by atoms with Crippen molar-refractivity contribution >= 4 is 5.97 Å². The van der Waals surface area contributed by atoms with Crippen LogP contribution in [0.1, 0.15) is 27.2 Å². The predicted octanol–water partition coefficient (Wildman–Crippen LogP) is 1.92. The fourth-order valence-electron chi connectivity index (χ4n) is 1.26. The lowest BCUT2D eigenvalue weighted by atomic mass is 9.99. The average molecular weight is 198 g/mol. The number of esters is 1. The highest BCUT2D eigenvalue weighted by molar-refractivity contribution is 5.87. The van der Waals surface area contributed by atoms with Crippen LogP contribution in [0.2, 0.25) is 0 Å². The number of carbonyl (C=O) groups excluding carboxylic acids is 1. The van der Waals surface area contributed by atoms with Crippen molar-refractivity contribution in [2.45, 2.75) is 39.4 Å². The van der Waals surface area contributed by atoms with Gasteiger partial charge in [0.25, 0.3) is 0 Å². The van der Waals surface area contributed by atoms with Crippen LogP contribution in [0.4, 0.5) is 0 Å². The zero-order valence-electron chi connectivity index (χ0n) is 9.08. The largest absolute Gasteiger partial charge is 0.456 e. The number of rotatable bonds is 5. The van der Waals surface area contributed by atoms with Crippen molar-refractivity contribution < 1.29 is 14.3 Å². The Balaban J connectivity index is 2.51. The quantitative estimate of drug-likeness (QED) is 0.385. The van der Waals surface area contributed by atoms with Crippen molar-refractivity contribution in [2.24, 2.45) is 5.92 Å². The molecule has 0 aromatic carbocycles. The van der Waals surface area contributed by atoms with Crippen LogP contribution in [0, 0.1) is 5.92 Å². The van der Waals surface area contributed by atoms with Crippen molar-refractivity contribution in [3.05, 3.63) is 12.2 Å². The van der Waals surface area contributed by atoms with E-state index in [2.05, 4.69) is 20.4 Å². The molecule has 0 aliphatic carbocycles. The van der Waals surface area contributed by atoms with Crippen molar-refractivity contribution in [3.63, 3.8) is 0 Å². The molecule has 1 heterocycles. The monoisotopic (exact) mass is 198 g/mol. The van der Waals surface area contributed by atoms with Gasteiger partial charge in [0.05, 0.1) is 6.61 Å². The maximum atomic E-state index is 11.3. The molecule has 0 amide bonds. The van der Waals surface area contributed by atoms with Crippen molar-refractivity contribution in [2.75, 3.05) is 6.61 Å². The van der Waals surface area contributed by atoms with Gasteiger partial charge in [0.2, 0.25) is 0 Å². The average Bonchev–Trinajstić information content (AvgIpc) is 2.95. The van der Waals surface area contributed by atoms with Gasteiger partial charge in [-0.1, -0.05) is 20.4 Å². The Morgan fingerprint density at radius 3 is 2.64 bits per heavy atom. The fourth-order valence-corrected chi connectivity index (χ4v) is 1.26. The van der Waals surface area contributed by atoms with Crippen molar-refractivity contribution in [1.82, 2.24) is 0 Å². The number of epoxide rings is 1. The molecule has 1 saturated heterocycles. The maximum absolute atomic E-state index is 11.3. The molecule has 1 aliphatic rings. The molecule has 0 aromatic heterocycles. The maximum Gasteiger partial charge on any atom is 0.333 e. The zero-order chi connectivity index (χ0) is 10.7. The molecular weight excluding hydrogens is 180 g/mol. The lowest BCUT2D eigenvalue weighted by molar-refractivity contribution is -0.148. The van der Waals surface area contributed by atoms with E-state index in [1.165, 1.54) is 0 Å². The van der Waals surface area contributed by atoms with E-state index < -0.39 is 0 Å². The first-order chi connectivity index (χ1) is 6.56. The molecule has 0 spiro atoms. The molecule has 14 heavy (non-hydrogen) atoms. The van der Waals surface area contributed by atoms with E-state index in [1.807, 2.05) is 0 Å². The number of hydrogen-bond donors (Lipinski definition) is 0. The molecule has 0 saturated carbocycles. The van der Waals surface area contributed by atoms with Gasteiger partial charge in [0.15, 0.2) is 0 Å². The lowest BCUT2D eigenvalue weighted by Gasteiger charge is -2.21. The fraction of sp³-hybridized carbons (Fsp3) is 0.727. The van der Waals surface area contributed by atoms with Crippen LogP contribution in [0.5, 0.6) is 0 Å². The molecule has 3 heteroatoms. The van der Waals surface area contributed by atoms with Crippen LogP contribution in [-0.4, -0.2) is 24.8 Å². The van der Waals surface area contributed by atoms with Crippen molar-refractivity contribution in [3.8, 4) is 0 Å². The Morgan fingerprint density at radius 1 is 1.71 bits per heavy atom. The molecule has 1 aliphatic heterocycles. The summed E-state index contributed by atoms with van der Waals surface area (Å²) in [5.74, 6) is 0.0246. The van der Waals surface area contributed by atoms with Crippen LogP contribution in [0.15, 0.2) is 12.2 Å². The minimum Gasteiger partial charge on any atom is -0.456 e. The third-order valence-corrected chi connectivity index (χ3v) is 2.52. The molecule has 3 atom stereocenters. The van der Waals surface area contributed by atoms with E-state index >= 15 is 0 Å². The van der Waals surface area contributed by atoms with E-state index in [1.54, 1.807) is 6.92 Å². The molecule has 0 radical (unpaired) electrons. The summed E-state index contributed by atoms with van der Waals surface area (Å²) in [5.41, 5.74) is 0.443. The minimum atomic E-state index is -0.314. The summed E-state index contributed by atoms with van der Waals surface area (Å²) in [4.78, 5) is 11.3. The van der Waals surface area contributed by atoms with Crippen LogP contribution < -0.4 is 0 Å². The molecule has 1 rings (SSSR count). The second-order valence-electron chi connectivity index (χ2n) is 3.91. The highest BCUT2D eigenvalue weighted by atomic mass is 16.6. The highest BCUT2D eigenvalue weighted by Crippen LogP contribution is 2.25. The van der Waals surface area contributed by atoms with Gasteiger partial charge in [-0.3, -0.25) is 0 Å². The van der Waals surface area contributed by atoms with Gasteiger partial charge in [0, 0.05) is 5.57 Å². The smallest absolute Gasteiger partial charge is 0.333 e. The number of ether oxygens (including phenoxy) is 2. The normalized spacial score (nSPS) is 23.8. The predicted molar refractivity (Wildman–Crippen MR) is 53.9 cm³/mol. The molecule has 0 bridgehead atoms. The minimum absolute atomic E-state index is 0.105. The van der Waals surface area contributed by atoms with Crippen molar-refractivity contribution in [1.29, 1.82) is 0 Å². The molecule has 0 aromatic rings. The van der Waals surface area contributed by atoms with Gasteiger partial charge in [-0.05, 0) is 19.3 Å². The summed E-state index contributed by atoms with van der Waals surface area (Å²) >= 11 is 0. The number of hydrogen-bond acceptors (Lipinski definition) is 3. The lowest BCUT2D eigenvalue weighted by Crippen LogP contribution is -2.30. The molecular formula is C11H18O3. The Kier molecular flexibility index (Phi) is 3.69. The molecule has 1 fully saturated rings. The second kappa shape index (κ2) is 4.60. The van der Waals surface area contributed by atoms with E-state index in [-0.39, 0.29) is 18.2 Å². The van der Waals surface area contributed by atoms with Crippen LogP contribution >= 0.6 is 0 Å². The third kappa shape index (κ3) is 2.84. The SMILES string of the molecule is C=C(C)C(=O)OC(C(C)CC)C1CO1. The first kappa shape index (κ1) is 11.2. The molecule has 0 N–H and O–H groups in total. The van der Waals surface area contributed by atoms with Crippen LogP contribution in [-0.2, 0) is 14.3 Å². The summed E-state index contributed by atoms with van der Waals surface area (Å²) in [7, 11) is 0.